The Labute approximate surface area is 110 Å². The fourth-order valence-corrected chi connectivity index (χ4v) is 4.15. The second-order valence-corrected chi connectivity index (χ2v) is 8.10. The maximum absolute atomic E-state index is 5.74. The topological polar surface area (TPSA) is 49.5 Å². The van der Waals surface area contributed by atoms with Crippen molar-refractivity contribution in [1.29, 1.82) is 0 Å². The van der Waals surface area contributed by atoms with Crippen molar-refractivity contribution in [3.63, 3.8) is 0 Å². The van der Waals surface area contributed by atoms with Crippen LogP contribution in [0.15, 0.2) is 0 Å². The first-order valence-corrected chi connectivity index (χ1v) is 8.55. The van der Waals surface area contributed by atoms with E-state index in [9.17, 15) is 0 Å². The average molecular weight is 276 g/mol. The van der Waals surface area contributed by atoms with Crippen LogP contribution < -0.4 is 0 Å². The molecular weight excluding hydrogens is 252 g/mol. The summed E-state index contributed by atoms with van der Waals surface area (Å²) in [5.41, 5.74) is 0. The molecule has 1 aliphatic carbocycles. The van der Waals surface area contributed by atoms with Crippen molar-refractivity contribution in [1.82, 2.24) is 0 Å². The van der Waals surface area contributed by atoms with Gasteiger partial charge in [-0.2, -0.15) is 0 Å². The molecule has 0 amide bonds. The van der Waals surface area contributed by atoms with Crippen LogP contribution >= 0.6 is 0 Å². The van der Waals surface area contributed by atoms with Crippen molar-refractivity contribution in [2.75, 3.05) is 34.5 Å². The van der Waals surface area contributed by atoms with Gasteiger partial charge in [0.05, 0.1) is 18.8 Å². The third-order valence-corrected chi connectivity index (χ3v) is 6.63. The quantitative estimate of drug-likeness (QED) is 0.381. The summed E-state index contributed by atoms with van der Waals surface area (Å²) in [4.78, 5) is 0. The lowest BCUT2D eigenvalue weighted by atomic mass is 9.90. The summed E-state index contributed by atoms with van der Waals surface area (Å²) in [5.74, 6) is 0.650. The fourth-order valence-electron chi connectivity index (χ4n) is 2.64. The molecule has 3 unspecified atom stereocenters. The van der Waals surface area contributed by atoms with E-state index in [2.05, 4.69) is 0 Å². The van der Waals surface area contributed by atoms with Crippen molar-refractivity contribution in [2.45, 2.75) is 37.5 Å². The minimum atomic E-state index is -2.46. The van der Waals surface area contributed by atoms with Crippen LogP contribution in [0.5, 0.6) is 0 Å². The molecule has 0 radical (unpaired) electrons. The zero-order valence-electron chi connectivity index (χ0n) is 11.5. The third kappa shape index (κ3) is 3.52. The summed E-state index contributed by atoms with van der Waals surface area (Å²) >= 11 is 0. The summed E-state index contributed by atoms with van der Waals surface area (Å²) in [6.07, 6.45) is 4.68. The first-order valence-electron chi connectivity index (χ1n) is 6.61. The van der Waals surface area contributed by atoms with Crippen LogP contribution in [0.3, 0.4) is 0 Å². The van der Waals surface area contributed by atoms with E-state index in [1.165, 1.54) is 12.8 Å². The smallest absolute Gasteiger partial charge is 0.381 e. The molecule has 6 heteroatoms. The largest absolute Gasteiger partial charge is 0.502 e. The standard InChI is InChI=1S/C12H24O5Si/c1-13-18(14-2,15-3)7-6-16-9-10-4-5-11-12(8-10)17-11/h10-12H,4-9H2,1-3H3. The summed E-state index contributed by atoms with van der Waals surface area (Å²) < 4.78 is 27.3. The molecule has 1 aliphatic heterocycles. The molecule has 2 rings (SSSR count). The van der Waals surface area contributed by atoms with Crippen molar-refractivity contribution >= 4 is 8.80 Å². The molecule has 0 N–H and O–H groups in total. The van der Waals surface area contributed by atoms with Crippen LogP contribution in [0.25, 0.3) is 0 Å². The maximum Gasteiger partial charge on any atom is 0.502 e. The lowest BCUT2D eigenvalue weighted by molar-refractivity contribution is 0.0739. The molecule has 1 heterocycles. The molecule has 0 bridgehead atoms. The lowest BCUT2D eigenvalue weighted by Gasteiger charge is -2.25. The number of epoxide rings is 1. The van der Waals surface area contributed by atoms with E-state index in [4.69, 9.17) is 22.8 Å². The molecule has 0 aromatic carbocycles. The predicted molar refractivity (Wildman–Crippen MR) is 68.4 cm³/mol. The normalized spacial score (nSPS) is 31.2. The van der Waals surface area contributed by atoms with Gasteiger partial charge in [0.1, 0.15) is 0 Å². The molecule has 0 aromatic heterocycles. The summed E-state index contributed by atoms with van der Waals surface area (Å²) in [6.45, 7) is 1.45. The van der Waals surface area contributed by atoms with Crippen molar-refractivity contribution < 1.29 is 22.8 Å². The summed E-state index contributed by atoms with van der Waals surface area (Å²) in [5, 5.41) is 0. The number of hydrogen-bond acceptors (Lipinski definition) is 5. The van der Waals surface area contributed by atoms with Gasteiger partial charge in [-0.3, -0.25) is 0 Å². The van der Waals surface area contributed by atoms with Gasteiger partial charge in [-0.1, -0.05) is 0 Å². The van der Waals surface area contributed by atoms with E-state index in [1.807, 2.05) is 0 Å². The molecule has 18 heavy (non-hydrogen) atoms. The van der Waals surface area contributed by atoms with Gasteiger partial charge in [0, 0.05) is 34.0 Å². The molecule has 0 aromatic rings. The molecule has 106 valence electrons. The average Bonchev–Trinajstić information content (AvgIpc) is 3.18. The number of rotatable bonds is 8. The van der Waals surface area contributed by atoms with Crippen LogP contribution in [0.2, 0.25) is 6.04 Å². The van der Waals surface area contributed by atoms with Crippen LogP contribution in [0, 0.1) is 5.92 Å². The number of fused-ring (bicyclic) bond motifs is 1. The lowest BCUT2D eigenvalue weighted by Crippen LogP contribution is -2.43. The van der Waals surface area contributed by atoms with Crippen LogP contribution in [0.1, 0.15) is 19.3 Å². The summed E-state index contributed by atoms with van der Waals surface area (Å²) in [6, 6.07) is 0.700. The minimum absolute atomic E-state index is 0.526. The fraction of sp³-hybridized carbons (Fsp3) is 1.00. The highest BCUT2D eigenvalue weighted by Gasteiger charge is 2.44. The van der Waals surface area contributed by atoms with Gasteiger partial charge in [-0.15, -0.1) is 0 Å². The first-order chi connectivity index (χ1) is 8.73. The Bertz CT molecular complexity index is 251. The van der Waals surface area contributed by atoms with Gasteiger partial charge in [-0.05, 0) is 25.2 Å². The first kappa shape index (κ1) is 14.4. The molecule has 2 fully saturated rings. The Morgan fingerprint density at radius 2 is 1.78 bits per heavy atom. The highest BCUT2D eigenvalue weighted by Crippen LogP contribution is 2.39. The van der Waals surface area contributed by atoms with E-state index in [-0.39, 0.29) is 0 Å². The SMILES string of the molecule is CO[Si](CCOCC1CCC2OC2C1)(OC)OC. The number of hydrogen-bond donors (Lipinski definition) is 0. The summed E-state index contributed by atoms with van der Waals surface area (Å²) in [7, 11) is 2.43. The Morgan fingerprint density at radius 1 is 1.06 bits per heavy atom. The van der Waals surface area contributed by atoms with Crippen LogP contribution in [-0.2, 0) is 22.8 Å². The van der Waals surface area contributed by atoms with Gasteiger partial charge in [0.25, 0.3) is 0 Å². The van der Waals surface area contributed by atoms with Gasteiger partial charge in [0.2, 0.25) is 0 Å². The van der Waals surface area contributed by atoms with Crippen LogP contribution in [-0.4, -0.2) is 55.6 Å². The molecule has 1 saturated heterocycles. The second-order valence-electron chi connectivity index (χ2n) is 5.01. The highest BCUT2D eigenvalue weighted by atomic mass is 28.4. The predicted octanol–water partition coefficient (Wildman–Crippen LogP) is 1.45. The molecule has 3 atom stereocenters. The van der Waals surface area contributed by atoms with Gasteiger partial charge < -0.3 is 22.8 Å². The van der Waals surface area contributed by atoms with Crippen molar-refractivity contribution in [3.8, 4) is 0 Å². The molecule has 0 spiro atoms. The van der Waals surface area contributed by atoms with Crippen LogP contribution in [0.4, 0.5) is 0 Å². The highest BCUT2D eigenvalue weighted by molar-refractivity contribution is 6.60. The minimum Gasteiger partial charge on any atom is -0.381 e. The molecule has 1 saturated carbocycles. The Balaban J connectivity index is 1.60. The Hall–Kier alpha value is 0.0169. The monoisotopic (exact) mass is 276 g/mol. The van der Waals surface area contributed by atoms with Gasteiger partial charge in [0.15, 0.2) is 0 Å². The number of ether oxygens (including phenoxy) is 2. The Morgan fingerprint density at radius 3 is 2.39 bits per heavy atom. The van der Waals surface area contributed by atoms with E-state index in [0.717, 1.165) is 13.0 Å². The zero-order chi connectivity index (χ0) is 13.0. The third-order valence-electron chi connectivity index (χ3n) is 3.95. The van der Waals surface area contributed by atoms with Gasteiger partial charge >= 0.3 is 8.80 Å². The molecular formula is C12H24O5Si. The van der Waals surface area contributed by atoms with Crippen molar-refractivity contribution in [3.05, 3.63) is 0 Å². The van der Waals surface area contributed by atoms with Gasteiger partial charge in [-0.25, -0.2) is 0 Å². The van der Waals surface area contributed by atoms with Crippen molar-refractivity contribution in [2.24, 2.45) is 5.92 Å². The maximum atomic E-state index is 5.74. The van der Waals surface area contributed by atoms with E-state index < -0.39 is 8.80 Å². The molecule has 5 nitrogen and oxygen atoms in total. The second kappa shape index (κ2) is 6.45. The Kier molecular flexibility index (Phi) is 5.17. The molecule has 2 aliphatic rings. The van der Waals surface area contributed by atoms with E-state index in [0.29, 0.717) is 30.8 Å². The van der Waals surface area contributed by atoms with E-state index in [1.54, 1.807) is 21.3 Å². The van der Waals surface area contributed by atoms with E-state index >= 15 is 0 Å². The zero-order valence-corrected chi connectivity index (χ0v) is 12.5.